The molecule has 0 spiro atoms. The first-order chi connectivity index (χ1) is 21.2. The molecule has 3 unspecified atom stereocenters. The molecule has 0 aromatic rings. The van der Waals surface area contributed by atoms with E-state index >= 15 is 0 Å². The average molecular weight is 651 g/mol. The van der Waals surface area contributed by atoms with Crippen LogP contribution < -0.4 is 0 Å². The monoisotopic (exact) mass is 650 g/mol. The second-order valence-electron chi connectivity index (χ2n) is 12.1. The zero-order chi connectivity index (χ0) is 34.2. The third kappa shape index (κ3) is 11.3. The maximum atomic E-state index is 12.6. The number of oxime groups is 2. The second-order valence-corrected chi connectivity index (χ2v) is 13.8. The summed E-state index contributed by atoms with van der Waals surface area (Å²) in [5.74, 6) is 0.487. The van der Waals surface area contributed by atoms with Crippen LogP contribution in [0.15, 0.2) is 46.1 Å². The van der Waals surface area contributed by atoms with Crippen LogP contribution in [-0.2, 0) is 28.8 Å². The van der Waals surface area contributed by atoms with Gasteiger partial charge in [0.15, 0.2) is 11.6 Å². The van der Waals surface area contributed by atoms with E-state index in [9.17, 15) is 24.6 Å². The molecule has 0 radical (unpaired) electrons. The van der Waals surface area contributed by atoms with Gasteiger partial charge in [0.05, 0.1) is 29.9 Å². The summed E-state index contributed by atoms with van der Waals surface area (Å²) in [7, 11) is 1.26. The number of aliphatic hydroxyl groups excluding tert-OH is 2. The van der Waals surface area contributed by atoms with Crippen molar-refractivity contribution in [3.63, 3.8) is 0 Å². The van der Waals surface area contributed by atoms with E-state index in [2.05, 4.69) is 30.7 Å². The molecule has 0 amide bonds. The number of methoxy groups -OCH3 is 1. The van der Waals surface area contributed by atoms with E-state index in [1.54, 1.807) is 26.8 Å². The summed E-state index contributed by atoms with van der Waals surface area (Å²) in [6.07, 6.45) is 7.13. The first-order valence-electron chi connectivity index (χ1n) is 15.8. The van der Waals surface area contributed by atoms with Gasteiger partial charge < -0.3 is 24.6 Å². The van der Waals surface area contributed by atoms with Gasteiger partial charge in [0.2, 0.25) is 0 Å². The number of nitrogens with zero attached hydrogens (tertiary/aromatic N) is 2. The minimum atomic E-state index is -1.34. The van der Waals surface area contributed by atoms with Crippen LogP contribution in [0, 0.1) is 16.7 Å². The highest BCUT2D eigenvalue weighted by atomic mass is 32.2. The van der Waals surface area contributed by atoms with Crippen molar-refractivity contribution in [2.75, 3.05) is 26.1 Å². The Morgan fingerprint density at radius 3 is 2.38 bits per heavy atom. The SMILES string of the molecule is C=CCON=C(C)CCC1(C(=O)OC)C(=O)C=C(O)CC1(C)C.CCCC(=NOCC)C1=C(O)CC(CC(C)SCC)CC1=O. The minimum Gasteiger partial charge on any atom is -0.512 e. The minimum absolute atomic E-state index is 0.00866. The normalized spacial score (nSPS) is 22.6. The number of carbonyl (C=O) groups excluding carboxylic acids is 3. The molecule has 10 nitrogen and oxygen atoms in total. The molecule has 0 bridgehead atoms. The lowest BCUT2D eigenvalue weighted by molar-refractivity contribution is -0.167. The standard InChI is InChI=1S/C17H25NO5.C17H29NO3S/c1-6-9-23-18-12(2)7-8-17(15(21)22-5)14(20)10-13(19)11-16(17,3)4;1-5-8-14(18-21-6-2)17-15(19)10-13(11-16(17)20)9-12(4)22-7-3/h6,10,19H,1,7-9,11H2,2-5H3;12-13,19H,5-11H2,1-4H3. The molecule has 2 aliphatic carbocycles. The highest BCUT2D eigenvalue weighted by Gasteiger charge is 2.58. The summed E-state index contributed by atoms with van der Waals surface area (Å²) in [5, 5.41) is 28.6. The molecule has 254 valence electrons. The van der Waals surface area contributed by atoms with Gasteiger partial charge in [0, 0.05) is 30.6 Å². The predicted octanol–water partition coefficient (Wildman–Crippen LogP) is 7.45. The Bertz CT molecular complexity index is 1160. The fourth-order valence-electron chi connectivity index (χ4n) is 5.88. The zero-order valence-electron chi connectivity index (χ0n) is 28.4. The van der Waals surface area contributed by atoms with Gasteiger partial charge in [-0.3, -0.25) is 14.4 Å². The van der Waals surface area contributed by atoms with Crippen LogP contribution in [0.3, 0.4) is 0 Å². The van der Waals surface area contributed by atoms with Crippen molar-refractivity contribution in [2.45, 2.75) is 105 Å². The summed E-state index contributed by atoms with van der Waals surface area (Å²) < 4.78 is 4.91. The molecule has 0 heterocycles. The molecule has 0 fully saturated rings. The lowest BCUT2D eigenvalue weighted by Crippen LogP contribution is -2.53. The highest BCUT2D eigenvalue weighted by molar-refractivity contribution is 7.99. The summed E-state index contributed by atoms with van der Waals surface area (Å²) in [5.41, 5.74) is -0.442. The van der Waals surface area contributed by atoms with Gasteiger partial charge in [-0.2, -0.15) is 11.8 Å². The van der Waals surface area contributed by atoms with E-state index in [1.165, 1.54) is 7.11 Å². The fourth-order valence-corrected chi connectivity index (χ4v) is 6.85. The maximum absolute atomic E-state index is 12.6. The number of aliphatic hydroxyl groups is 2. The van der Waals surface area contributed by atoms with Crippen molar-refractivity contribution in [1.82, 2.24) is 0 Å². The molecule has 0 saturated heterocycles. The lowest BCUT2D eigenvalue weighted by Gasteiger charge is -2.44. The number of carbonyl (C=O) groups is 3. The first kappa shape index (κ1) is 39.9. The van der Waals surface area contributed by atoms with Gasteiger partial charge in [-0.15, -0.1) is 0 Å². The van der Waals surface area contributed by atoms with Crippen LogP contribution in [0.1, 0.15) is 99.8 Å². The zero-order valence-corrected chi connectivity index (χ0v) is 29.3. The van der Waals surface area contributed by atoms with E-state index < -0.39 is 22.6 Å². The average Bonchev–Trinajstić information content (AvgIpc) is 2.95. The molecular formula is C34H54N2O8S. The third-order valence-corrected chi connectivity index (χ3v) is 9.12. The number of hydrogen-bond acceptors (Lipinski definition) is 11. The number of ether oxygens (including phenoxy) is 1. The summed E-state index contributed by atoms with van der Waals surface area (Å²) in [6.45, 7) is 17.8. The molecular weight excluding hydrogens is 596 g/mol. The van der Waals surface area contributed by atoms with E-state index in [4.69, 9.17) is 14.4 Å². The number of esters is 1. The molecule has 11 heteroatoms. The largest absolute Gasteiger partial charge is 0.512 e. The molecule has 0 aliphatic heterocycles. The summed E-state index contributed by atoms with van der Waals surface area (Å²) in [4.78, 5) is 47.6. The van der Waals surface area contributed by atoms with Gasteiger partial charge in [-0.25, -0.2) is 0 Å². The van der Waals surface area contributed by atoms with Gasteiger partial charge in [0.25, 0.3) is 0 Å². The molecule has 0 saturated carbocycles. The predicted molar refractivity (Wildman–Crippen MR) is 181 cm³/mol. The Balaban J connectivity index is 0.000000450. The van der Waals surface area contributed by atoms with Gasteiger partial charge >= 0.3 is 5.97 Å². The Labute approximate surface area is 273 Å². The van der Waals surface area contributed by atoms with Crippen LogP contribution >= 0.6 is 11.8 Å². The number of ketones is 2. The van der Waals surface area contributed by atoms with E-state index in [0.29, 0.717) is 61.1 Å². The molecule has 2 rings (SSSR count). The Morgan fingerprint density at radius 1 is 1.16 bits per heavy atom. The van der Waals surface area contributed by atoms with Crippen molar-refractivity contribution in [2.24, 2.45) is 27.1 Å². The van der Waals surface area contributed by atoms with Crippen molar-refractivity contribution in [3.8, 4) is 0 Å². The van der Waals surface area contributed by atoms with E-state index in [1.807, 2.05) is 25.6 Å². The number of rotatable bonds is 16. The maximum Gasteiger partial charge on any atom is 0.320 e. The van der Waals surface area contributed by atoms with Crippen LogP contribution in [0.4, 0.5) is 0 Å². The van der Waals surface area contributed by atoms with Crippen molar-refractivity contribution < 1.29 is 39.0 Å². The van der Waals surface area contributed by atoms with Crippen molar-refractivity contribution in [1.29, 1.82) is 0 Å². The van der Waals surface area contributed by atoms with Gasteiger partial charge in [-0.1, -0.05) is 64.0 Å². The number of hydrogen-bond donors (Lipinski definition) is 2. The number of Topliss-reactive ketones (excluding diaryl/α,β-unsaturated/α-hetero) is 1. The van der Waals surface area contributed by atoms with Crippen molar-refractivity contribution in [3.05, 3.63) is 35.8 Å². The van der Waals surface area contributed by atoms with Gasteiger partial charge in [0.1, 0.15) is 24.4 Å². The Kier molecular flexibility index (Phi) is 17.3. The third-order valence-electron chi connectivity index (χ3n) is 8.02. The fraction of sp³-hybridized carbons (Fsp3) is 0.676. The van der Waals surface area contributed by atoms with Crippen molar-refractivity contribution >= 4 is 40.7 Å². The molecule has 3 atom stereocenters. The van der Waals surface area contributed by atoms with Crippen LogP contribution in [-0.4, -0.2) is 70.5 Å². The Hall–Kier alpha value is -3.08. The topological polar surface area (TPSA) is 144 Å². The number of thioether (sulfide) groups is 1. The van der Waals surface area contributed by atoms with Crippen LogP contribution in [0.2, 0.25) is 0 Å². The molecule has 2 aliphatic rings. The number of allylic oxidation sites excluding steroid dienone is 4. The summed E-state index contributed by atoms with van der Waals surface area (Å²) in [6, 6.07) is 0. The first-order valence-corrected chi connectivity index (χ1v) is 16.8. The molecule has 45 heavy (non-hydrogen) atoms. The van der Waals surface area contributed by atoms with E-state index in [-0.39, 0.29) is 36.1 Å². The molecule has 0 aromatic carbocycles. The van der Waals surface area contributed by atoms with Gasteiger partial charge in [-0.05, 0) is 56.6 Å². The van der Waals surface area contributed by atoms with Crippen LogP contribution in [0.25, 0.3) is 0 Å². The molecule has 0 aromatic heterocycles. The second kappa shape index (κ2) is 19.4. The quantitative estimate of drug-likeness (QED) is 0.0435. The molecule has 2 N–H and O–H groups in total. The Morgan fingerprint density at radius 2 is 1.84 bits per heavy atom. The van der Waals surface area contributed by atoms with Crippen LogP contribution in [0.5, 0.6) is 0 Å². The highest BCUT2D eigenvalue weighted by Crippen LogP contribution is 2.51. The summed E-state index contributed by atoms with van der Waals surface area (Å²) >= 11 is 1.90. The van der Waals surface area contributed by atoms with E-state index in [0.717, 1.165) is 24.7 Å². The smallest absolute Gasteiger partial charge is 0.320 e. The lowest BCUT2D eigenvalue weighted by atomic mass is 9.56.